The van der Waals surface area contributed by atoms with Crippen LogP contribution in [0.4, 0.5) is 13.2 Å². The zero-order valence-electron chi connectivity index (χ0n) is 9.17. The van der Waals surface area contributed by atoms with Gasteiger partial charge in [-0.15, -0.1) is 0 Å². The maximum Gasteiger partial charge on any atom is 0.338 e. The van der Waals surface area contributed by atoms with Crippen molar-refractivity contribution < 1.29 is 27.4 Å². The molecule has 7 heteroatoms. The number of halogens is 3. The van der Waals surface area contributed by atoms with Crippen LogP contribution < -0.4 is 4.74 Å². The molecule has 0 aliphatic carbocycles. The van der Waals surface area contributed by atoms with E-state index in [2.05, 4.69) is 14.5 Å². The minimum Gasteiger partial charge on any atom is -0.481 e. The molecular formula is C10H10F3NO3. The summed E-state index contributed by atoms with van der Waals surface area (Å²) in [6.07, 6.45) is -3.02. The van der Waals surface area contributed by atoms with E-state index in [0.717, 1.165) is 7.11 Å². The lowest BCUT2D eigenvalue weighted by atomic mass is 10.1. The summed E-state index contributed by atoms with van der Waals surface area (Å²) < 4.78 is 47.6. The van der Waals surface area contributed by atoms with Crippen molar-refractivity contribution in [3.63, 3.8) is 0 Å². The molecule has 1 aromatic rings. The molecule has 1 heterocycles. The Morgan fingerprint density at radius 3 is 2.65 bits per heavy atom. The van der Waals surface area contributed by atoms with Crippen molar-refractivity contribution in [2.45, 2.75) is 13.3 Å². The molecule has 4 nitrogen and oxygen atoms in total. The van der Waals surface area contributed by atoms with Crippen LogP contribution >= 0.6 is 0 Å². The molecule has 1 aromatic heterocycles. The highest BCUT2D eigenvalue weighted by Crippen LogP contribution is 2.31. The van der Waals surface area contributed by atoms with Crippen molar-refractivity contribution in [3.05, 3.63) is 23.1 Å². The summed E-state index contributed by atoms with van der Waals surface area (Å²) in [4.78, 5) is 14.5. The van der Waals surface area contributed by atoms with Gasteiger partial charge >= 0.3 is 5.97 Å². The quantitative estimate of drug-likeness (QED) is 0.607. The summed E-state index contributed by atoms with van der Waals surface area (Å²) in [5.74, 6) is -2.75. The minimum atomic E-state index is -3.02. The molecule has 0 saturated carbocycles. The smallest absolute Gasteiger partial charge is 0.338 e. The third kappa shape index (κ3) is 2.86. The molecule has 0 atom stereocenters. The average molecular weight is 249 g/mol. The fraction of sp³-hybridized carbons (Fsp3) is 0.400. The van der Waals surface area contributed by atoms with Crippen LogP contribution in [0.3, 0.4) is 0 Å². The molecule has 0 amide bonds. The number of rotatable bonds is 4. The molecule has 0 saturated heterocycles. The van der Waals surface area contributed by atoms with E-state index in [1.165, 1.54) is 6.92 Å². The largest absolute Gasteiger partial charge is 0.481 e. The number of aromatic nitrogens is 1. The normalized spacial score (nSPS) is 10.5. The molecule has 94 valence electrons. The van der Waals surface area contributed by atoms with Crippen molar-refractivity contribution in [1.29, 1.82) is 0 Å². The Kier molecular flexibility index (Phi) is 4.30. The van der Waals surface area contributed by atoms with Crippen LogP contribution in [-0.4, -0.2) is 24.7 Å². The van der Waals surface area contributed by atoms with Gasteiger partial charge in [-0.25, -0.2) is 13.6 Å². The molecule has 17 heavy (non-hydrogen) atoms. The number of pyridine rings is 1. The Balaban J connectivity index is 3.35. The molecule has 0 bridgehead atoms. The minimum absolute atomic E-state index is 0.00618. The second-order valence-corrected chi connectivity index (χ2v) is 2.94. The van der Waals surface area contributed by atoms with E-state index in [1.54, 1.807) is 0 Å². The molecule has 0 fully saturated rings. The standard InChI is InChI=1S/C10H10F3NO3/c1-3-17-10(15)5-4-6(11)14-9(16-2)7(5)8(12)13/h4,8H,3H2,1-2H3. The molecule has 0 aliphatic rings. The van der Waals surface area contributed by atoms with E-state index in [9.17, 15) is 18.0 Å². The van der Waals surface area contributed by atoms with Crippen molar-refractivity contribution in [1.82, 2.24) is 4.98 Å². The number of esters is 1. The van der Waals surface area contributed by atoms with Gasteiger partial charge in [-0.3, -0.25) is 0 Å². The van der Waals surface area contributed by atoms with Gasteiger partial charge in [0.05, 0.1) is 24.8 Å². The highest BCUT2D eigenvalue weighted by molar-refractivity contribution is 5.91. The van der Waals surface area contributed by atoms with Gasteiger partial charge in [0, 0.05) is 6.07 Å². The second kappa shape index (κ2) is 5.51. The molecule has 0 aromatic carbocycles. The summed E-state index contributed by atoms with van der Waals surface area (Å²) in [6, 6.07) is 0.599. The number of alkyl halides is 2. The molecule has 0 N–H and O–H groups in total. The fourth-order valence-corrected chi connectivity index (χ4v) is 1.25. The van der Waals surface area contributed by atoms with Crippen LogP contribution in [0.2, 0.25) is 0 Å². The number of carbonyl (C=O) groups is 1. The number of nitrogens with zero attached hydrogens (tertiary/aromatic N) is 1. The summed E-state index contributed by atoms with van der Waals surface area (Å²) in [5.41, 5.74) is -1.35. The first-order valence-electron chi connectivity index (χ1n) is 4.71. The lowest BCUT2D eigenvalue weighted by molar-refractivity contribution is 0.0512. The predicted octanol–water partition coefficient (Wildman–Crippen LogP) is 2.34. The van der Waals surface area contributed by atoms with E-state index >= 15 is 0 Å². The van der Waals surface area contributed by atoms with E-state index in [0.29, 0.717) is 6.07 Å². The Morgan fingerprint density at radius 1 is 1.53 bits per heavy atom. The van der Waals surface area contributed by atoms with Gasteiger partial charge < -0.3 is 9.47 Å². The summed E-state index contributed by atoms with van der Waals surface area (Å²) in [6.45, 7) is 1.50. The van der Waals surface area contributed by atoms with E-state index in [4.69, 9.17) is 0 Å². The van der Waals surface area contributed by atoms with Crippen LogP contribution in [-0.2, 0) is 4.74 Å². The molecule has 0 spiro atoms. The molecule has 0 radical (unpaired) electrons. The van der Waals surface area contributed by atoms with Gasteiger partial charge in [0.1, 0.15) is 0 Å². The first-order chi connectivity index (χ1) is 8.01. The highest BCUT2D eigenvalue weighted by atomic mass is 19.3. The maximum absolute atomic E-state index is 13.0. The van der Waals surface area contributed by atoms with Crippen LogP contribution in [0.25, 0.3) is 0 Å². The third-order valence-corrected chi connectivity index (χ3v) is 1.90. The van der Waals surface area contributed by atoms with Crippen LogP contribution in [0.5, 0.6) is 5.88 Å². The first-order valence-corrected chi connectivity index (χ1v) is 4.71. The van der Waals surface area contributed by atoms with E-state index in [-0.39, 0.29) is 6.61 Å². The molecular weight excluding hydrogens is 239 g/mol. The van der Waals surface area contributed by atoms with Gasteiger partial charge in [-0.2, -0.15) is 9.37 Å². The fourth-order valence-electron chi connectivity index (χ4n) is 1.25. The zero-order valence-corrected chi connectivity index (χ0v) is 9.17. The van der Waals surface area contributed by atoms with Crippen molar-refractivity contribution in [2.24, 2.45) is 0 Å². The summed E-state index contributed by atoms with van der Waals surface area (Å²) >= 11 is 0. The topological polar surface area (TPSA) is 48.4 Å². The summed E-state index contributed by atoms with van der Waals surface area (Å²) in [7, 11) is 1.06. The second-order valence-electron chi connectivity index (χ2n) is 2.94. The summed E-state index contributed by atoms with van der Waals surface area (Å²) in [5, 5.41) is 0. The Bertz CT molecular complexity index is 424. The molecule has 1 rings (SSSR count). The van der Waals surface area contributed by atoms with Crippen molar-refractivity contribution >= 4 is 5.97 Å². The lowest BCUT2D eigenvalue weighted by Crippen LogP contribution is -2.12. The monoisotopic (exact) mass is 249 g/mol. The van der Waals surface area contributed by atoms with Crippen molar-refractivity contribution in [3.8, 4) is 5.88 Å². The number of hydrogen-bond donors (Lipinski definition) is 0. The predicted molar refractivity (Wildman–Crippen MR) is 51.7 cm³/mol. The van der Waals surface area contributed by atoms with Gasteiger partial charge in [0.15, 0.2) is 0 Å². The Labute approximate surface area is 95.4 Å². The number of hydrogen-bond acceptors (Lipinski definition) is 4. The number of carbonyl (C=O) groups excluding carboxylic acids is 1. The van der Waals surface area contributed by atoms with E-state index in [1.807, 2.05) is 0 Å². The Morgan fingerprint density at radius 2 is 2.18 bits per heavy atom. The van der Waals surface area contributed by atoms with E-state index < -0.39 is 35.3 Å². The third-order valence-electron chi connectivity index (χ3n) is 1.90. The lowest BCUT2D eigenvalue weighted by Gasteiger charge is -2.11. The van der Waals surface area contributed by atoms with Crippen LogP contribution in [0.1, 0.15) is 29.3 Å². The first kappa shape index (κ1) is 13.3. The van der Waals surface area contributed by atoms with Gasteiger partial charge in [0.25, 0.3) is 6.43 Å². The SMILES string of the molecule is CCOC(=O)c1cc(F)nc(OC)c1C(F)F. The van der Waals surface area contributed by atoms with Gasteiger partial charge in [0.2, 0.25) is 11.8 Å². The zero-order chi connectivity index (χ0) is 13.0. The maximum atomic E-state index is 13.0. The molecule has 0 aliphatic heterocycles. The van der Waals surface area contributed by atoms with Gasteiger partial charge in [-0.05, 0) is 6.92 Å². The van der Waals surface area contributed by atoms with Crippen molar-refractivity contribution in [2.75, 3.05) is 13.7 Å². The molecule has 0 unspecified atom stereocenters. The van der Waals surface area contributed by atoms with Gasteiger partial charge in [-0.1, -0.05) is 0 Å². The number of ether oxygens (including phenoxy) is 2. The van der Waals surface area contributed by atoms with Crippen LogP contribution in [0, 0.1) is 5.95 Å². The average Bonchev–Trinajstić information content (AvgIpc) is 2.27. The number of methoxy groups -OCH3 is 1. The highest BCUT2D eigenvalue weighted by Gasteiger charge is 2.26. The Hall–Kier alpha value is -1.79. The van der Waals surface area contributed by atoms with Crippen LogP contribution in [0.15, 0.2) is 6.07 Å².